The molecule has 1 unspecified atom stereocenters. The van der Waals surface area contributed by atoms with Gasteiger partial charge in [0.15, 0.2) is 0 Å². The predicted octanol–water partition coefficient (Wildman–Crippen LogP) is 7.36. The fourth-order valence-electron chi connectivity index (χ4n) is 5.80. The largest absolute Gasteiger partial charge is 0.489 e. The van der Waals surface area contributed by atoms with Crippen LogP contribution in [-0.4, -0.2) is 41.3 Å². The van der Waals surface area contributed by atoms with Crippen molar-refractivity contribution in [3.63, 3.8) is 0 Å². The zero-order valence-electron chi connectivity index (χ0n) is 26.3. The first-order valence-corrected chi connectivity index (χ1v) is 15.6. The number of fused-ring (bicyclic) bond motifs is 1. The summed E-state index contributed by atoms with van der Waals surface area (Å²) in [6, 6.07) is 29.3. The number of rotatable bonds is 12. The number of carboxylic acid groups (broad SMARTS) is 2. The second kappa shape index (κ2) is 13.9. The van der Waals surface area contributed by atoms with Crippen LogP contribution in [0.4, 0.5) is 11.4 Å². The van der Waals surface area contributed by atoms with Crippen molar-refractivity contribution in [3.8, 4) is 5.75 Å². The summed E-state index contributed by atoms with van der Waals surface area (Å²) >= 11 is 0. The van der Waals surface area contributed by atoms with Crippen molar-refractivity contribution < 1.29 is 24.5 Å². The Morgan fingerprint density at radius 3 is 2.22 bits per heavy atom. The number of anilines is 2. The van der Waals surface area contributed by atoms with E-state index in [1.54, 1.807) is 12.1 Å². The second-order valence-corrected chi connectivity index (χ2v) is 12.7. The van der Waals surface area contributed by atoms with Gasteiger partial charge in [-0.3, -0.25) is 0 Å². The molecule has 1 aliphatic heterocycles. The first kappa shape index (κ1) is 31.6. The molecule has 0 bridgehead atoms. The molecule has 0 spiro atoms. The average molecular weight is 607 g/mol. The van der Waals surface area contributed by atoms with Gasteiger partial charge in [-0.15, -0.1) is 0 Å². The number of aliphatic carboxylic acids is 1. The summed E-state index contributed by atoms with van der Waals surface area (Å²) in [4.78, 5) is 25.4. The molecule has 234 valence electrons. The predicted molar refractivity (Wildman–Crippen MR) is 179 cm³/mol. The van der Waals surface area contributed by atoms with E-state index in [9.17, 15) is 19.8 Å². The molecule has 0 saturated carbocycles. The molecule has 7 heteroatoms. The van der Waals surface area contributed by atoms with Gasteiger partial charge in [-0.05, 0) is 89.2 Å². The highest BCUT2D eigenvalue weighted by Crippen LogP contribution is 2.34. The van der Waals surface area contributed by atoms with Gasteiger partial charge in [0.05, 0.1) is 5.56 Å². The van der Waals surface area contributed by atoms with Crippen LogP contribution >= 0.6 is 0 Å². The molecule has 4 aromatic rings. The maximum absolute atomic E-state index is 11.7. The second-order valence-electron chi connectivity index (χ2n) is 12.7. The average Bonchev–Trinajstić information content (AvgIpc) is 3.03. The number of aromatic carboxylic acids is 1. The molecule has 45 heavy (non-hydrogen) atoms. The van der Waals surface area contributed by atoms with Crippen molar-refractivity contribution in [2.45, 2.75) is 64.5 Å². The molecular formula is C38H42N2O5. The Morgan fingerprint density at radius 1 is 0.844 bits per heavy atom. The van der Waals surface area contributed by atoms with Crippen LogP contribution in [0.5, 0.6) is 5.75 Å². The van der Waals surface area contributed by atoms with E-state index in [-0.39, 0.29) is 11.0 Å². The number of nitrogens with one attached hydrogen (secondary N) is 1. The van der Waals surface area contributed by atoms with Crippen LogP contribution in [0.15, 0.2) is 91.0 Å². The van der Waals surface area contributed by atoms with Crippen molar-refractivity contribution in [2.75, 3.05) is 23.3 Å². The third-order valence-electron chi connectivity index (χ3n) is 8.51. The van der Waals surface area contributed by atoms with Crippen LogP contribution < -0.4 is 15.0 Å². The highest BCUT2D eigenvalue weighted by Gasteiger charge is 2.26. The summed E-state index contributed by atoms with van der Waals surface area (Å²) in [6.07, 6.45) is 2.69. The van der Waals surface area contributed by atoms with Crippen LogP contribution in [0.3, 0.4) is 0 Å². The van der Waals surface area contributed by atoms with E-state index in [0.29, 0.717) is 26.0 Å². The van der Waals surface area contributed by atoms with Gasteiger partial charge in [-0.2, -0.15) is 0 Å². The molecule has 0 radical (unpaired) electrons. The van der Waals surface area contributed by atoms with Crippen molar-refractivity contribution in [2.24, 2.45) is 0 Å². The summed E-state index contributed by atoms with van der Waals surface area (Å²) in [7, 11) is 0. The monoisotopic (exact) mass is 606 g/mol. The molecule has 1 aliphatic rings. The Labute approximate surface area is 265 Å². The van der Waals surface area contributed by atoms with Crippen LogP contribution in [0.1, 0.15) is 65.4 Å². The van der Waals surface area contributed by atoms with Gasteiger partial charge in [0, 0.05) is 24.5 Å². The minimum Gasteiger partial charge on any atom is -0.489 e. The molecule has 0 aliphatic carbocycles. The summed E-state index contributed by atoms with van der Waals surface area (Å²) < 4.78 is 6.34. The van der Waals surface area contributed by atoms with E-state index in [4.69, 9.17) is 4.74 Å². The molecule has 0 amide bonds. The fraction of sp³-hybridized carbons (Fsp3) is 0.316. The normalized spacial score (nSPS) is 14.2. The first-order chi connectivity index (χ1) is 21.6. The number of benzene rings is 4. The Bertz CT molecular complexity index is 1620. The zero-order chi connectivity index (χ0) is 32.0. The van der Waals surface area contributed by atoms with E-state index >= 15 is 0 Å². The van der Waals surface area contributed by atoms with Gasteiger partial charge in [0.25, 0.3) is 0 Å². The van der Waals surface area contributed by atoms with Crippen LogP contribution in [-0.2, 0) is 36.1 Å². The number of hydrogen-bond donors (Lipinski definition) is 3. The Morgan fingerprint density at radius 2 is 1.53 bits per heavy atom. The molecule has 0 fully saturated rings. The summed E-state index contributed by atoms with van der Waals surface area (Å²) in [5.74, 6) is -0.911. The van der Waals surface area contributed by atoms with E-state index in [2.05, 4.69) is 67.4 Å². The summed E-state index contributed by atoms with van der Waals surface area (Å²) in [5.41, 5.74) is 8.04. The van der Waals surface area contributed by atoms with E-state index < -0.39 is 18.0 Å². The number of para-hydroxylation sites is 1. The topological polar surface area (TPSA) is 99.1 Å². The minimum absolute atomic E-state index is 0.103. The molecule has 5 rings (SSSR count). The molecule has 0 aromatic heterocycles. The molecule has 4 aromatic carbocycles. The van der Waals surface area contributed by atoms with Gasteiger partial charge < -0.3 is 25.2 Å². The molecular weight excluding hydrogens is 564 g/mol. The fourth-order valence-corrected chi connectivity index (χ4v) is 5.80. The van der Waals surface area contributed by atoms with Crippen molar-refractivity contribution in [3.05, 3.63) is 124 Å². The SMILES string of the molecule is CC(C)(C)c1ccc(COc2ccccc2CCN(CCc2ccc(C(=O)O)cc2)c2cccc3c2CCC(C(=O)O)N3)cc1. The Hall–Kier alpha value is -4.78. The van der Waals surface area contributed by atoms with Crippen LogP contribution in [0.25, 0.3) is 0 Å². The number of ether oxygens (including phenoxy) is 1. The maximum Gasteiger partial charge on any atom is 0.335 e. The van der Waals surface area contributed by atoms with Crippen molar-refractivity contribution in [1.29, 1.82) is 0 Å². The number of carboxylic acids is 2. The zero-order valence-corrected chi connectivity index (χ0v) is 26.3. The quantitative estimate of drug-likeness (QED) is 0.155. The first-order valence-electron chi connectivity index (χ1n) is 15.6. The maximum atomic E-state index is 11.7. The van der Waals surface area contributed by atoms with Gasteiger partial charge in [-0.25, -0.2) is 9.59 Å². The van der Waals surface area contributed by atoms with Crippen molar-refractivity contribution >= 4 is 23.3 Å². The molecule has 1 atom stereocenters. The van der Waals surface area contributed by atoms with Gasteiger partial charge in [0.1, 0.15) is 18.4 Å². The lowest BCUT2D eigenvalue weighted by Crippen LogP contribution is -2.35. The van der Waals surface area contributed by atoms with Gasteiger partial charge >= 0.3 is 11.9 Å². The highest BCUT2D eigenvalue weighted by molar-refractivity contribution is 5.87. The Balaban J connectivity index is 1.34. The van der Waals surface area contributed by atoms with Gasteiger partial charge in [-0.1, -0.05) is 81.4 Å². The lowest BCUT2D eigenvalue weighted by atomic mass is 9.87. The van der Waals surface area contributed by atoms with Crippen molar-refractivity contribution in [1.82, 2.24) is 0 Å². The van der Waals surface area contributed by atoms with Crippen LogP contribution in [0.2, 0.25) is 0 Å². The highest BCUT2D eigenvalue weighted by atomic mass is 16.5. The molecule has 3 N–H and O–H groups in total. The summed E-state index contributed by atoms with van der Waals surface area (Å²) in [6.45, 7) is 8.56. The molecule has 0 saturated heterocycles. The third kappa shape index (κ3) is 8.04. The standard InChI is InChI=1S/C38H42N2O5/c1-38(2,3)30-17-13-27(14-18-30)25-45-35-10-5-4-7-28(35)22-24-40(23-21-26-11-15-29(16-12-26)36(41)42)34-9-6-8-32-31(34)19-20-33(39-32)37(43)44/h4-18,33,39H,19-25H2,1-3H3,(H,41,42)(H,43,44). The van der Waals surface area contributed by atoms with E-state index in [0.717, 1.165) is 58.8 Å². The smallest absolute Gasteiger partial charge is 0.335 e. The Kier molecular flexibility index (Phi) is 9.77. The van der Waals surface area contributed by atoms with Crippen LogP contribution in [0, 0.1) is 0 Å². The van der Waals surface area contributed by atoms with E-state index in [1.165, 1.54) is 5.56 Å². The van der Waals surface area contributed by atoms with E-state index in [1.807, 2.05) is 42.5 Å². The lowest BCUT2D eigenvalue weighted by molar-refractivity contribution is -0.138. The summed E-state index contributed by atoms with van der Waals surface area (Å²) in [5, 5.41) is 22.1. The molecule has 1 heterocycles. The third-order valence-corrected chi connectivity index (χ3v) is 8.51. The molecule has 7 nitrogen and oxygen atoms in total. The number of hydrogen-bond acceptors (Lipinski definition) is 5. The number of carbonyl (C=O) groups is 2. The van der Waals surface area contributed by atoms with Gasteiger partial charge in [0.2, 0.25) is 0 Å². The number of nitrogens with zero attached hydrogens (tertiary/aromatic N) is 1. The minimum atomic E-state index is -0.936. The lowest BCUT2D eigenvalue weighted by Gasteiger charge is -2.32.